The third-order valence-corrected chi connectivity index (χ3v) is 3.78. The van der Waals surface area contributed by atoms with Gasteiger partial charge in [0.25, 0.3) is 0 Å². The third kappa shape index (κ3) is 4.13. The van der Waals surface area contributed by atoms with Crippen LogP contribution in [0.15, 0.2) is 66.7 Å². The van der Waals surface area contributed by atoms with Crippen LogP contribution in [0.25, 0.3) is 16.8 Å². The average molecular weight is 348 g/mol. The van der Waals surface area contributed by atoms with Gasteiger partial charge in [0.15, 0.2) is 0 Å². The molecular formula is C21H17FN2O2. The summed E-state index contributed by atoms with van der Waals surface area (Å²) in [5, 5.41) is 7.14. The van der Waals surface area contributed by atoms with Crippen molar-refractivity contribution in [2.75, 3.05) is 10.6 Å². The second-order valence-corrected chi connectivity index (χ2v) is 5.77. The summed E-state index contributed by atoms with van der Waals surface area (Å²) >= 11 is 0. The van der Waals surface area contributed by atoms with Gasteiger partial charge in [0, 0.05) is 18.7 Å². The Morgan fingerprint density at radius 1 is 0.962 bits per heavy atom. The average Bonchev–Trinajstić information content (AvgIpc) is 2.62. The Morgan fingerprint density at radius 3 is 2.54 bits per heavy atom. The van der Waals surface area contributed by atoms with Crippen LogP contribution in [-0.4, -0.2) is 11.8 Å². The Kier molecular flexibility index (Phi) is 5.08. The molecule has 130 valence electrons. The molecule has 0 saturated carbocycles. The summed E-state index contributed by atoms with van der Waals surface area (Å²) < 4.78 is 13.9. The van der Waals surface area contributed by atoms with Gasteiger partial charge >= 0.3 is 0 Å². The van der Waals surface area contributed by atoms with Crippen molar-refractivity contribution in [2.45, 2.75) is 6.92 Å². The van der Waals surface area contributed by atoms with E-state index in [2.05, 4.69) is 10.6 Å². The van der Waals surface area contributed by atoms with E-state index in [9.17, 15) is 14.0 Å². The topological polar surface area (TPSA) is 58.2 Å². The standard InChI is InChI=1S/C21H17FN2O2/c1-14(25)23-17-10-11-19(22)20(13-17)24-21(26)12-9-16-7-4-6-15-5-2-3-8-18(15)16/h2-13H,1H3,(H,23,25)(H,24,26)/b12-9+. The van der Waals surface area contributed by atoms with Crippen molar-refractivity contribution < 1.29 is 14.0 Å². The van der Waals surface area contributed by atoms with Crippen molar-refractivity contribution in [3.63, 3.8) is 0 Å². The first-order valence-corrected chi connectivity index (χ1v) is 8.07. The molecule has 0 fully saturated rings. The molecule has 2 N–H and O–H groups in total. The maximum Gasteiger partial charge on any atom is 0.248 e. The molecule has 3 rings (SSSR count). The van der Waals surface area contributed by atoms with Crippen molar-refractivity contribution in [1.29, 1.82) is 0 Å². The van der Waals surface area contributed by atoms with E-state index in [1.165, 1.54) is 31.2 Å². The zero-order valence-electron chi connectivity index (χ0n) is 14.1. The van der Waals surface area contributed by atoms with Gasteiger partial charge in [-0.3, -0.25) is 9.59 Å². The molecule has 4 nitrogen and oxygen atoms in total. The lowest BCUT2D eigenvalue weighted by atomic mass is 10.0. The molecule has 0 heterocycles. The molecular weight excluding hydrogens is 331 g/mol. The van der Waals surface area contributed by atoms with E-state index >= 15 is 0 Å². The quantitative estimate of drug-likeness (QED) is 0.678. The second-order valence-electron chi connectivity index (χ2n) is 5.77. The second kappa shape index (κ2) is 7.61. The number of carbonyl (C=O) groups excluding carboxylic acids is 2. The molecule has 0 radical (unpaired) electrons. The zero-order valence-corrected chi connectivity index (χ0v) is 14.1. The highest BCUT2D eigenvalue weighted by atomic mass is 19.1. The number of halogens is 1. The van der Waals surface area contributed by atoms with Gasteiger partial charge < -0.3 is 10.6 Å². The molecule has 0 saturated heterocycles. The van der Waals surface area contributed by atoms with Crippen molar-refractivity contribution in [1.82, 2.24) is 0 Å². The van der Waals surface area contributed by atoms with Crippen LogP contribution in [0.5, 0.6) is 0 Å². The third-order valence-electron chi connectivity index (χ3n) is 3.78. The number of benzene rings is 3. The number of nitrogens with one attached hydrogen (secondary N) is 2. The molecule has 0 aromatic heterocycles. The summed E-state index contributed by atoms with van der Waals surface area (Å²) in [4.78, 5) is 23.3. The molecule has 3 aromatic rings. The van der Waals surface area contributed by atoms with Gasteiger partial charge in [0.1, 0.15) is 5.82 Å². The van der Waals surface area contributed by atoms with Gasteiger partial charge in [-0.2, -0.15) is 0 Å². The monoisotopic (exact) mass is 348 g/mol. The van der Waals surface area contributed by atoms with Crippen LogP contribution in [0.1, 0.15) is 12.5 Å². The van der Waals surface area contributed by atoms with Gasteiger partial charge in [0.05, 0.1) is 5.69 Å². The van der Waals surface area contributed by atoms with E-state index in [0.29, 0.717) is 5.69 Å². The predicted octanol–water partition coefficient (Wildman–Crippen LogP) is 4.59. The van der Waals surface area contributed by atoms with Crippen LogP contribution in [0.4, 0.5) is 15.8 Å². The van der Waals surface area contributed by atoms with Crippen LogP contribution in [0.2, 0.25) is 0 Å². The molecule has 0 unspecified atom stereocenters. The smallest absolute Gasteiger partial charge is 0.248 e. The van der Waals surface area contributed by atoms with Gasteiger partial charge in [-0.15, -0.1) is 0 Å². The number of anilines is 2. The lowest BCUT2D eigenvalue weighted by Gasteiger charge is -2.08. The van der Waals surface area contributed by atoms with Crippen molar-refractivity contribution in [3.8, 4) is 0 Å². The Balaban J connectivity index is 1.78. The molecule has 0 aliphatic carbocycles. The fraction of sp³-hybridized carbons (Fsp3) is 0.0476. The molecule has 0 aliphatic rings. The molecule has 0 bridgehead atoms. The first-order valence-electron chi connectivity index (χ1n) is 8.07. The minimum absolute atomic E-state index is 0.00354. The van der Waals surface area contributed by atoms with E-state index in [-0.39, 0.29) is 11.6 Å². The molecule has 5 heteroatoms. The summed E-state index contributed by atoms with van der Waals surface area (Å²) in [5.41, 5.74) is 1.31. The molecule has 0 spiro atoms. The van der Waals surface area contributed by atoms with Crippen LogP contribution < -0.4 is 10.6 Å². The van der Waals surface area contributed by atoms with Crippen LogP contribution in [0.3, 0.4) is 0 Å². The van der Waals surface area contributed by atoms with E-state index < -0.39 is 11.7 Å². The molecule has 26 heavy (non-hydrogen) atoms. The summed E-state index contributed by atoms with van der Waals surface area (Å²) in [6, 6.07) is 17.7. The van der Waals surface area contributed by atoms with Crippen molar-refractivity contribution >= 4 is 40.0 Å². The van der Waals surface area contributed by atoms with E-state index in [0.717, 1.165) is 16.3 Å². The molecule has 3 aromatic carbocycles. The number of rotatable bonds is 4. The first kappa shape index (κ1) is 17.4. The number of hydrogen-bond donors (Lipinski definition) is 2. The fourth-order valence-electron chi connectivity index (χ4n) is 2.64. The lowest BCUT2D eigenvalue weighted by Crippen LogP contribution is -2.11. The van der Waals surface area contributed by atoms with Gasteiger partial charge in [-0.25, -0.2) is 4.39 Å². The minimum Gasteiger partial charge on any atom is -0.326 e. The van der Waals surface area contributed by atoms with Gasteiger partial charge in [0.2, 0.25) is 11.8 Å². The maximum atomic E-state index is 13.9. The van der Waals surface area contributed by atoms with Gasteiger partial charge in [-0.05, 0) is 40.6 Å². The van der Waals surface area contributed by atoms with E-state index in [1.807, 2.05) is 42.5 Å². The fourth-order valence-corrected chi connectivity index (χ4v) is 2.64. The summed E-state index contributed by atoms with van der Waals surface area (Å²) in [7, 11) is 0. The Hall–Kier alpha value is -3.47. The Morgan fingerprint density at radius 2 is 1.73 bits per heavy atom. The number of carbonyl (C=O) groups is 2. The van der Waals surface area contributed by atoms with Crippen molar-refractivity contribution in [2.24, 2.45) is 0 Å². The van der Waals surface area contributed by atoms with Crippen LogP contribution >= 0.6 is 0 Å². The predicted molar refractivity (Wildman–Crippen MR) is 102 cm³/mol. The molecule has 2 amide bonds. The Labute approximate surface area is 150 Å². The largest absolute Gasteiger partial charge is 0.326 e. The van der Waals surface area contributed by atoms with Crippen molar-refractivity contribution in [3.05, 3.63) is 78.1 Å². The zero-order chi connectivity index (χ0) is 18.5. The Bertz CT molecular complexity index is 1010. The van der Waals surface area contributed by atoms with Gasteiger partial charge in [-0.1, -0.05) is 42.5 Å². The summed E-state index contributed by atoms with van der Waals surface area (Å²) in [6.45, 7) is 1.36. The van der Waals surface area contributed by atoms with Crippen LogP contribution in [-0.2, 0) is 9.59 Å². The maximum absolute atomic E-state index is 13.9. The highest BCUT2D eigenvalue weighted by Gasteiger charge is 2.07. The normalized spacial score (nSPS) is 10.8. The summed E-state index contributed by atoms with van der Waals surface area (Å²) in [5.74, 6) is -1.31. The molecule has 0 aliphatic heterocycles. The van der Waals surface area contributed by atoms with E-state index in [4.69, 9.17) is 0 Å². The van der Waals surface area contributed by atoms with Crippen LogP contribution in [0, 0.1) is 5.82 Å². The van der Waals surface area contributed by atoms with E-state index in [1.54, 1.807) is 6.08 Å². The highest BCUT2D eigenvalue weighted by molar-refractivity contribution is 6.04. The summed E-state index contributed by atoms with van der Waals surface area (Å²) in [6.07, 6.45) is 3.04. The first-order chi connectivity index (χ1) is 12.5. The number of amides is 2. The highest BCUT2D eigenvalue weighted by Crippen LogP contribution is 2.21. The number of hydrogen-bond acceptors (Lipinski definition) is 2. The minimum atomic E-state index is -0.578. The number of fused-ring (bicyclic) bond motifs is 1. The SMILES string of the molecule is CC(=O)Nc1ccc(F)c(NC(=O)/C=C/c2cccc3ccccc23)c1. The molecule has 0 atom stereocenters. The lowest BCUT2D eigenvalue weighted by molar-refractivity contribution is -0.114.